The molecule has 0 aliphatic carbocycles. The number of hydrogen-bond donors (Lipinski definition) is 2. The maximum absolute atomic E-state index is 13.9. The maximum Gasteiger partial charge on any atom is 0.271 e. The highest BCUT2D eigenvalue weighted by Gasteiger charge is 2.32. The number of anilines is 1. The summed E-state index contributed by atoms with van der Waals surface area (Å²) in [5, 5.41) is 10.2. The molecule has 6 rings (SSSR count). The Morgan fingerprint density at radius 1 is 0.974 bits per heavy atom. The molecule has 1 aliphatic rings. The van der Waals surface area contributed by atoms with Crippen LogP contribution in [0.4, 0.5) is 5.69 Å². The molecule has 3 aromatic carbocycles. The van der Waals surface area contributed by atoms with Crippen molar-refractivity contribution in [3.8, 4) is 11.3 Å². The van der Waals surface area contributed by atoms with E-state index in [4.69, 9.17) is 4.99 Å². The first kappa shape index (κ1) is 23.6. The van der Waals surface area contributed by atoms with Crippen LogP contribution in [-0.2, 0) is 4.79 Å². The Balaban J connectivity index is 1.49. The van der Waals surface area contributed by atoms with Gasteiger partial charge in [0.05, 0.1) is 33.7 Å². The normalized spacial score (nSPS) is 15.2. The van der Waals surface area contributed by atoms with Gasteiger partial charge in [-0.25, -0.2) is 4.99 Å². The first-order chi connectivity index (χ1) is 18.6. The number of fused-ring (bicyclic) bond motifs is 1. The molecule has 0 saturated heterocycles. The summed E-state index contributed by atoms with van der Waals surface area (Å²) in [6, 6.07) is 28.1. The van der Waals surface area contributed by atoms with Crippen LogP contribution in [-0.4, -0.2) is 20.7 Å². The lowest BCUT2D eigenvalue weighted by Gasteiger charge is -2.25. The van der Waals surface area contributed by atoms with E-state index in [0.717, 1.165) is 22.4 Å². The van der Waals surface area contributed by atoms with Crippen molar-refractivity contribution >= 4 is 29.0 Å². The molecule has 1 unspecified atom stereocenters. The number of rotatable bonds is 5. The molecule has 38 heavy (non-hydrogen) atoms. The standard InChI is InChI=1S/C30H23N5O2S/c1-19-25(28(36)33-23-15-9-4-10-16-23)27(21-13-7-3-8-14-21)35-29(37)24(38-30(35)32-19)17-22-18-31-34-26(22)20-11-5-2-6-12-20/h2-18,27H,1H3,(H,31,34)(H,33,36)/b24-17-. The van der Waals surface area contributed by atoms with E-state index in [1.165, 1.54) is 11.3 Å². The number of benzene rings is 3. The van der Waals surface area contributed by atoms with Crippen molar-refractivity contribution in [1.82, 2.24) is 14.8 Å². The third-order valence-electron chi connectivity index (χ3n) is 6.43. The summed E-state index contributed by atoms with van der Waals surface area (Å²) >= 11 is 1.30. The van der Waals surface area contributed by atoms with Gasteiger partial charge < -0.3 is 5.32 Å². The molecule has 0 saturated carbocycles. The van der Waals surface area contributed by atoms with E-state index in [9.17, 15) is 9.59 Å². The quantitative estimate of drug-likeness (QED) is 0.365. The molecule has 5 aromatic rings. The minimum absolute atomic E-state index is 0.208. The fourth-order valence-electron chi connectivity index (χ4n) is 4.66. The number of aromatic amines is 1. The SMILES string of the molecule is CC1=C(C(=O)Nc2ccccc2)C(c2ccccc2)n2c(s/c(=C\c3cn[nH]c3-c3ccccc3)c2=O)=N1. The topological polar surface area (TPSA) is 92.1 Å². The number of carbonyl (C=O) groups is 1. The van der Waals surface area contributed by atoms with Gasteiger partial charge >= 0.3 is 0 Å². The van der Waals surface area contributed by atoms with Gasteiger partial charge in [0.2, 0.25) is 0 Å². The number of allylic oxidation sites excluding steroid dienone is 1. The number of amides is 1. The van der Waals surface area contributed by atoms with Crippen LogP contribution in [0.25, 0.3) is 17.3 Å². The largest absolute Gasteiger partial charge is 0.322 e. The molecular formula is C30H23N5O2S. The van der Waals surface area contributed by atoms with Gasteiger partial charge in [0.1, 0.15) is 0 Å². The fourth-order valence-corrected chi connectivity index (χ4v) is 5.70. The minimum atomic E-state index is -0.615. The van der Waals surface area contributed by atoms with Crippen molar-refractivity contribution in [2.75, 3.05) is 5.32 Å². The van der Waals surface area contributed by atoms with E-state index < -0.39 is 6.04 Å². The molecule has 1 atom stereocenters. The van der Waals surface area contributed by atoms with Crippen molar-refractivity contribution in [1.29, 1.82) is 0 Å². The zero-order valence-corrected chi connectivity index (χ0v) is 21.3. The van der Waals surface area contributed by atoms with Crippen molar-refractivity contribution in [2.24, 2.45) is 4.99 Å². The van der Waals surface area contributed by atoms with Crippen LogP contribution in [0.2, 0.25) is 0 Å². The fraction of sp³-hybridized carbons (Fsp3) is 0.0667. The Kier molecular flexibility index (Phi) is 6.15. The highest BCUT2D eigenvalue weighted by atomic mass is 32.1. The predicted molar refractivity (Wildman–Crippen MR) is 149 cm³/mol. The second-order valence-corrected chi connectivity index (χ2v) is 9.89. The molecule has 0 fully saturated rings. The Morgan fingerprint density at radius 3 is 2.34 bits per heavy atom. The molecule has 7 nitrogen and oxygen atoms in total. The van der Waals surface area contributed by atoms with Crippen molar-refractivity contribution in [2.45, 2.75) is 13.0 Å². The molecule has 186 valence electrons. The molecule has 2 N–H and O–H groups in total. The predicted octanol–water partition coefficient (Wildman–Crippen LogP) is 4.26. The van der Waals surface area contributed by atoms with E-state index in [1.807, 2.05) is 104 Å². The van der Waals surface area contributed by atoms with Gasteiger partial charge in [-0.2, -0.15) is 5.10 Å². The van der Waals surface area contributed by atoms with Crippen LogP contribution in [0.1, 0.15) is 24.1 Å². The van der Waals surface area contributed by atoms with E-state index >= 15 is 0 Å². The number of carbonyl (C=O) groups excluding carboxylic acids is 1. The second kappa shape index (κ2) is 9.91. The summed E-state index contributed by atoms with van der Waals surface area (Å²) in [5.41, 5.74) is 4.92. The van der Waals surface area contributed by atoms with Gasteiger partial charge in [0.25, 0.3) is 11.5 Å². The number of para-hydroxylation sites is 1. The third-order valence-corrected chi connectivity index (χ3v) is 7.41. The molecule has 8 heteroatoms. The first-order valence-electron chi connectivity index (χ1n) is 12.1. The lowest BCUT2D eigenvalue weighted by Crippen LogP contribution is -2.40. The summed E-state index contributed by atoms with van der Waals surface area (Å²) in [4.78, 5) is 32.8. The van der Waals surface area contributed by atoms with Crippen LogP contribution in [0.3, 0.4) is 0 Å². The Hall–Kier alpha value is -4.82. The smallest absolute Gasteiger partial charge is 0.271 e. The highest BCUT2D eigenvalue weighted by molar-refractivity contribution is 7.07. The van der Waals surface area contributed by atoms with E-state index in [2.05, 4.69) is 15.5 Å². The number of nitrogens with one attached hydrogen (secondary N) is 2. The summed E-state index contributed by atoms with van der Waals surface area (Å²) in [5.74, 6) is -0.290. The van der Waals surface area contributed by atoms with Crippen LogP contribution in [0, 0.1) is 0 Å². The van der Waals surface area contributed by atoms with Gasteiger partial charge in [-0.05, 0) is 30.7 Å². The molecule has 1 amide bonds. The molecule has 3 heterocycles. The second-order valence-electron chi connectivity index (χ2n) is 8.88. The summed E-state index contributed by atoms with van der Waals surface area (Å²) in [6.45, 7) is 1.82. The van der Waals surface area contributed by atoms with Gasteiger partial charge in [-0.15, -0.1) is 0 Å². The lowest BCUT2D eigenvalue weighted by atomic mass is 9.95. The first-order valence-corrected chi connectivity index (χ1v) is 12.9. The third kappa shape index (κ3) is 4.31. The van der Waals surface area contributed by atoms with E-state index in [0.29, 0.717) is 26.3 Å². The van der Waals surface area contributed by atoms with Gasteiger partial charge in [-0.3, -0.25) is 19.3 Å². The molecule has 1 aliphatic heterocycles. The molecule has 0 bridgehead atoms. The molecule has 0 spiro atoms. The van der Waals surface area contributed by atoms with Crippen LogP contribution in [0.5, 0.6) is 0 Å². The summed E-state index contributed by atoms with van der Waals surface area (Å²) in [6.07, 6.45) is 3.54. The Bertz CT molecular complexity index is 1840. The average molecular weight is 518 g/mol. The van der Waals surface area contributed by atoms with E-state index in [1.54, 1.807) is 10.8 Å². The van der Waals surface area contributed by atoms with E-state index in [-0.39, 0.29) is 11.5 Å². The molecule has 2 aromatic heterocycles. The molecule has 0 radical (unpaired) electrons. The van der Waals surface area contributed by atoms with Crippen molar-refractivity contribution in [3.63, 3.8) is 0 Å². The van der Waals surface area contributed by atoms with Gasteiger partial charge in [0, 0.05) is 16.8 Å². The Labute approximate surface area is 222 Å². The number of nitrogens with zero attached hydrogens (tertiary/aromatic N) is 3. The van der Waals surface area contributed by atoms with Crippen LogP contribution in [0.15, 0.2) is 118 Å². The maximum atomic E-state index is 13.9. The summed E-state index contributed by atoms with van der Waals surface area (Å²) < 4.78 is 2.14. The number of thiazole rings is 1. The molecular weight excluding hydrogens is 494 g/mol. The average Bonchev–Trinajstić information content (AvgIpc) is 3.53. The monoisotopic (exact) mass is 517 g/mol. The van der Waals surface area contributed by atoms with Crippen molar-refractivity contribution in [3.05, 3.63) is 139 Å². The number of H-pyrrole nitrogens is 1. The zero-order valence-electron chi connectivity index (χ0n) is 20.5. The van der Waals surface area contributed by atoms with Crippen molar-refractivity contribution < 1.29 is 4.79 Å². The highest BCUT2D eigenvalue weighted by Crippen LogP contribution is 2.30. The summed E-state index contributed by atoms with van der Waals surface area (Å²) in [7, 11) is 0. The minimum Gasteiger partial charge on any atom is -0.322 e. The van der Waals surface area contributed by atoms with Crippen LogP contribution < -0.4 is 20.2 Å². The number of hydrogen-bond acceptors (Lipinski definition) is 5. The van der Waals surface area contributed by atoms with Gasteiger partial charge in [-0.1, -0.05) is 90.2 Å². The lowest BCUT2D eigenvalue weighted by molar-refractivity contribution is -0.113. The Morgan fingerprint density at radius 2 is 1.63 bits per heavy atom. The number of aromatic nitrogens is 3. The zero-order chi connectivity index (χ0) is 26.1. The van der Waals surface area contributed by atoms with Crippen LogP contribution >= 0.6 is 11.3 Å². The van der Waals surface area contributed by atoms with Gasteiger partial charge in [0.15, 0.2) is 4.80 Å².